The molecule has 148 valence electrons. The van der Waals surface area contributed by atoms with Gasteiger partial charge in [-0.25, -0.2) is 8.78 Å². The largest absolute Gasteiger partial charge is 0.323 e. The Bertz CT molecular complexity index is 826. The summed E-state index contributed by atoms with van der Waals surface area (Å²) < 4.78 is 27.6. The third kappa shape index (κ3) is 5.00. The van der Waals surface area contributed by atoms with Crippen molar-refractivity contribution in [3.8, 4) is 0 Å². The van der Waals surface area contributed by atoms with E-state index in [9.17, 15) is 18.4 Å². The topological polar surface area (TPSA) is 58.2 Å². The maximum Gasteiger partial charge on any atom is 0.227 e. The molecule has 0 atom stereocenters. The Kier molecular flexibility index (Phi) is 6.52. The van der Waals surface area contributed by atoms with Crippen molar-refractivity contribution in [2.45, 2.75) is 25.7 Å². The van der Waals surface area contributed by atoms with Crippen LogP contribution >= 0.6 is 23.2 Å². The summed E-state index contributed by atoms with van der Waals surface area (Å²) in [5.41, 5.74) is 0.153. The van der Waals surface area contributed by atoms with E-state index in [0.29, 0.717) is 25.7 Å². The van der Waals surface area contributed by atoms with E-state index in [-0.39, 0.29) is 45.1 Å². The third-order valence-electron chi connectivity index (χ3n) is 4.85. The molecule has 0 saturated heterocycles. The van der Waals surface area contributed by atoms with Crippen LogP contribution < -0.4 is 10.6 Å². The molecule has 8 heteroatoms. The normalized spacial score (nSPS) is 19.1. The molecule has 0 unspecified atom stereocenters. The summed E-state index contributed by atoms with van der Waals surface area (Å²) in [5, 5.41) is 5.64. The van der Waals surface area contributed by atoms with Crippen LogP contribution in [-0.2, 0) is 9.59 Å². The number of hydrogen-bond donors (Lipinski definition) is 2. The van der Waals surface area contributed by atoms with Crippen molar-refractivity contribution >= 4 is 46.4 Å². The number of carbonyl (C=O) groups is 2. The number of carbonyl (C=O) groups excluding carboxylic acids is 2. The molecule has 28 heavy (non-hydrogen) atoms. The van der Waals surface area contributed by atoms with Crippen LogP contribution in [0.25, 0.3) is 0 Å². The van der Waals surface area contributed by atoms with Gasteiger partial charge in [-0.15, -0.1) is 0 Å². The zero-order valence-electron chi connectivity index (χ0n) is 14.8. The van der Waals surface area contributed by atoms with Gasteiger partial charge in [-0.1, -0.05) is 23.2 Å². The van der Waals surface area contributed by atoms with Gasteiger partial charge in [0.05, 0.1) is 11.4 Å². The molecule has 0 aromatic heterocycles. The predicted molar refractivity (Wildman–Crippen MR) is 106 cm³/mol. The number of halogens is 4. The lowest BCUT2D eigenvalue weighted by molar-refractivity contribution is -0.125. The Hall–Kier alpha value is -2.18. The second-order valence-electron chi connectivity index (χ2n) is 6.78. The van der Waals surface area contributed by atoms with Crippen LogP contribution in [0.1, 0.15) is 25.7 Å². The number of nitrogens with one attached hydrogen (secondary N) is 2. The lowest BCUT2D eigenvalue weighted by Gasteiger charge is -2.27. The van der Waals surface area contributed by atoms with Crippen LogP contribution in [0.4, 0.5) is 20.2 Å². The van der Waals surface area contributed by atoms with Crippen molar-refractivity contribution in [3.05, 3.63) is 58.1 Å². The van der Waals surface area contributed by atoms with Gasteiger partial charge in [-0.2, -0.15) is 0 Å². The quantitative estimate of drug-likeness (QED) is 0.662. The first-order valence-electron chi connectivity index (χ1n) is 8.85. The average molecular weight is 427 g/mol. The van der Waals surface area contributed by atoms with Gasteiger partial charge in [-0.3, -0.25) is 9.59 Å². The molecule has 1 aliphatic rings. The fraction of sp³-hybridized carbons (Fsp3) is 0.300. The van der Waals surface area contributed by atoms with Gasteiger partial charge in [0.2, 0.25) is 11.8 Å². The molecule has 2 aromatic rings. The molecule has 2 N–H and O–H groups in total. The van der Waals surface area contributed by atoms with E-state index in [1.165, 1.54) is 24.3 Å². The third-order valence-corrected chi connectivity index (χ3v) is 5.32. The molecule has 1 fully saturated rings. The standard InChI is InChI=1S/C20H18Cl2F2N2O2/c21-13-5-7-17(15(23)9-13)25-19(27)11-1-2-12(4-3-11)20(28)26-18-8-6-14(22)10-16(18)24/h5-12H,1-4H2,(H,25,27)(H,26,28). The monoisotopic (exact) mass is 426 g/mol. The highest BCUT2D eigenvalue weighted by Gasteiger charge is 2.30. The number of amides is 2. The van der Waals surface area contributed by atoms with Crippen molar-refractivity contribution < 1.29 is 18.4 Å². The first-order valence-corrected chi connectivity index (χ1v) is 9.61. The van der Waals surface area contributed by atoms with Crippen LogP contribution in [0, 0.1) is 23.5 Å². The first-order chi connectivity index (χ1) is 13.3. The van der Waals surface area contributed by atoms with Crippen molar-refractivity contribution in [3.63, 3.8) is 0 Å². The van der Waals surface area contributed by atoms with E-state index in [2.05, 4.69) is 10.6 Å². The van der Waals surface area contributed by atoms with E-state index in [1.54, 1.807) is 0 Å². The Balaban J connectivity index is 1.53. The van der Waals surface area contributed by atoms with E-state index < -0.39 is 11.6 Å². The molecule has 0 heterocycles. The molecular formula is C20H18Cl2F2N2O2. The van der Waals surface area contributed by atoms with Gasteiger partial charge in [0, 0.05) is 21.9 Å². The van der Waals surface area contributed by atoms with Gasteiger partial charge in [0.1, 0.15) is 11.6 Å². The van der Waals surface area contributed by atoms with Gasteiger partial charge in [0.25, 0.3) is 0 Å². The molecule has 1 aliphatic carbocycles. The van der Waals surface area contributed by atoms with Crippen molar-refractivity contribution in [1.29, 1.82) is 0 Å². The van der Waals surface area contributed by atoms with Crippen LogP contribution in [0.2, 0.25) is 10.0 Å². The summed E-state index contributed by atoms with van der Waals surface area (Å²) in [7, 11) is 0. The number of anilines is 2. The molecule has 0 aliphatic heterocycles. The minimum absolute atomic E-state index is 0.0764. The maximum absolute atomic E-state index is 13.8. The molecule has 2 aromatic carbocycles. The minimum atomic E-state index is -0.598. The zero-order valence-corrected chi connectivity index (χ0v) is 16.3. The van der Waals surface area contributed by atoms with Crippen LogP contribution in [0.5, 0.6) is 0 Å². The molecule has 0 radical (unpaired) electrons. The maximum atomic E-state index is 13.8. The first kappa shape index (κ1) is 20.6. The Morgan fingerprint density at radius 3 is 1.43 bits per heavy atom. The lowest BCUT2D eigenvalue weighted by Crippen LogP contribution is -2.32. The summed E-state index contributed by atoms with van der Waals surface area (Å²) in [6.07, 6.45) is 1.95. The predicted octanol–water partition coefficient (Wildman–Crippen LogP) is 5.66. The molecule has 2 amide bonds. The van der Waals surface area contributed by atoms with Gasteiger partial charge >= 0.3 is 0 Å². The molecule has 0 bridgehead atoms. The van der Waals surface area contributed by atoms with Crippen molar-refractivity contribution in [2.75, 3.05) is 10.6 Å². The van der Waals surface area contributed by atoms with E-state index in [1.807, 2.05) is 0 Å². The molecular weight excluding hydrogens is 409 g/mol. The van der Waals surface area contributed by atoms with Crippen molar-refractivity contribution in [1.82, 2.24) is 0 Å². The summed E-state index contributed by atoms with van der Waals surface area (Å²) >= 11 is 11.4. The molecule has 3 rings (SSSR count). The average Bonchev–Trinajstić information content (AvgIpc) is 2.66. The Morgan fingerprint density at radius 1 is 0.750 bits per heavy atom. The van der Waals surface area contributed by atoms with Crippen LogP contribution in [-0.4, -0.2) is 11.8 Å². The Morgan fingerprint density at radius 2 is 1.11 bits per heavy atom. The lowest BCUT2D eigenvalue weighted by atomic mass is 9.81. The molecule has 4 nitrogen and oxygen atoms in total. The number of benzene rings is 2. The highest BCUT2D eigenvalue weighted by atomic mass is 35.5. The van der Waals surface area contributed by atoms with Crippen LogP contribution in [0.15, 0.2) is 36.4 Å². The highest BCUT2D eigenvalue weighted by molar-refractivity contribution is 6.31. The summed E-state index contributed by atoms with van der Waals surface area (Å²) in [6, 6.07) is 8.09. The highest BCUT2D eigenvalue weighted by Crippen LogP contribution is 2.31. The molecule has 1 saturated carbocycles. The van der Waals surface area contributed by atoms with Gasteiger partial charge in [-0.05, 0) is 62.1 Å². The number of hydrogen-bond acceptors (Lipinski definition) is 2. The fourth-order valence-corrected chi connectivity index (χ4v) is 3.59. The van der Waals surface area contributed by atoms with E-state index in [4.69, 9.17) is 23.2 Å². The summed E-state index contributed by atoms with van der Waals surface area (Å²) in [6.45, 7) is 0. The van der Waals surface area contributed by atoms with Gasteiger partial charge in [0.15, 0.2) is 0 Å². The summed E-state index contributed by atoms with van der Waals surface area (Å²) in [4.78, 5) is 24.8. The minimum Gasteiger partial charge on any atom is -0.323 e. The zero-order chi connectivity index (χ0) is 20.3. The van der Waals surface area contributed by atoms with E-state index >= 15 is 0 Å². The molecule has 0 spiro atoms. The fourth-order valence-electron chi connectivity index (χ4n) is 3.27. The smallest absolute Gasteiger partial charge is 0.227 e. The van der Waals surface area contributed by atoms with Crippen LogP contribution in [0.3, 0.4) is 0 Å². The second-order valence-corrected chi connectivity index (χ2v) is 7.65. The van der Waals surface area contributed by atoms with Gasteiger partial charge < -0.3 is 10.6 Å². The summed E-state index contributed by atoms with van der Waals surface area (Å²) in [5.74, 6) is -2.40. The van der Waals surface area contributed by atoms with Crippen molar-refractivity contribution in [2.24, 2.45) is 11.8 Å². The van der Waals surface area contributed by atoms with E-state index in [0.717, 1.165) is 12.1 Å². The second kappa shape index (κ2) is 8.88. The Labute approximate surface area is 171 Å². The SMILES string of the molecule is O=C(Nc1ccc(Cl)cc1F)C1CCC(C(=O)Nc2ccc(Cl)cc2F)CC1. The number of rotatable bonds is 4.